The van der Waals surface area contributed by atoms with E-state index in [4.69, 9.17) is 5.73 Å². The SMILES string of the molecule is CNC(=O)c1ccc(N)c(Nc2ccc(SC)cc2)c1. The molecule has 0 saturated carbocycles. The van der Waals surface area contributed by atoms with E-state index in [1.54, 1.807) is 37.0 Å². The summed E-state index contributed by atoms with van der Waals surface area (Å²) in [5.74, 6) is -0.134. The van der Waals surface area contributed by atoms with Gasteiger partial charge in [-0.15, -0.1) is 11.8 Å². The zero-order chi connectivity index (χ0) is 14.5. The number of nitrogens with two attached hydrogens (primary N) is 1. The molecular weight excluding hydrogens is 270 g/mol. The Morgan fingerprint density at radius 2 is 1.85 bits per heavy atom. The van der Waals surface area contributed by atoms with Gasteiger partial charge in [0.25, 0.3) is 5.91 Å². The summed E-state index contributed by atoms with van der Waals surface area (Å²) in [6.45, 7) is 0. The largest absolute Gasteiger partial charge is 0.397 e. The Balaban J connectivity index is 2.25. The second-order valence-corrected chi connectivity index (χ2v) is 5.11. The molecule has 0 fully saturated rings. The fourth-order valence-corrected chi connectivity index (χ4v) is 2.19. The third kappa shape index (κ3) is 3.24. The molecule has 0 heterocycles. The quantitative estimate of drug-likeness (QED) is 0.597. The zero-order valence-electron chi connectivity index (χ0n) is 11.4. The summed E-state index contributed by atoms with van der Waals surface area (Å²) in [6.07, 6.45) is 2.03. The number of amides is 1. The molecule has 4 nitrogen and oxygen atoms in total. The zero-order valence-corrected chi connectivity index (χ0v) is 12.3. The maximum absolute atomic E-state index is 11.6. The minimum absolute atomic E-state index is 0.134. The fraction of sp³-hybridized carbons (Fsp3) is 0.133. The van der Waals surface area contributed by atoms with E-state index in [0.717, 1.165) is 11.4 Å². The number of benzene rings is 2. The van der Waals surface area contributed by atoms with Gasteiger partial charge in [-0.1, -0.05) is 0 Å². The topological polar surface area (TPSA) is 67.2 Å². The van der Waals surface area contributed by atoms with Gasteiger partial charge in [0.2, 0.25) is 0 Å². The van der Waals surface area contributed by atoms with E-state index in [1.165, 1.54) is 4.90 Å². The van der Waals surface area contributed by atoms with E-state index in [2.05, 4.69) is 10.6 Å². The Morgan fingerprint density at radius 1 is 1.15 bits per heavy atom. The average Bonchev–Trinajstić information content (AvgIpc) is 2.49. The molecular formula is C15H17N3OS. The number of carbonyl (C=O) groups excluding carboxylic acids is 1. The molecule has 0 aliphatic rings. The van der Waals surface area contributed by atoms with Crippen molar-refractivity contribution in [3.63, 3.8) is 0 Å². The van der Waals surface area contributed by atoms with Crippen LogP contribution in [0, 0.1) is 0 Å². The summed E-state index contributed by atoms with van der Waals surface area (Å²) in [5.41, 5.74) is 8.77. The number of hydrogen-bond donors (Lipinski definition) is 3. The summed E-state index contributed by atoms with van der Waals surface area (Å²) in [7, 11) is 1.60. The molecule has 0 aliphatic carbocycles. The van der Waals surface area contributed by atoms with Gasteiger partial charge >= 0.3 is 0 Å². The van der Waals surface area contributed by atoms with Crippen LogP contribution in [-0.4, -0.2) is 19.2 Å². The highest BCUT2D eigenvalue weighted by atomic mass is 32.2. The molecule has 4 N–H and O–H groups in total. The predicted molar refractivity (Wildman–Crippen MR) is 85.8 cm³/mol. The van der Waals surface area contributed by atoms with Gasteiger partial charge in [-0.3, -0.25) is 4.79 Å². The Labute approximate surface area is 122 Å². The predicted octanol–water partition coefficient (Wildman–Crippen LogP) is 3.09. The van der Waals surface area contributed by atoms with Crippen molar-refractivity contribution in [1.82, 2.24) is 5.32 Å². The molecule has 0 spiro atoms. The molecule has 104 valence electrons. The summed E-state index contributed by atoms with van der Waals surface area (Å²) in [6, 6.07) is 13.2. The van der Waals surface area contributed by atoms with Gasteiger partial charge in [0, 0.05) is 23.2 Å². The molecule has 0 unspecified atom stereocenters. The molecule has 0 bridgehead atoms. The Morgan fingerprint density at radius 3 is 2.45 bits per heavy atom. The van der Waals surface area contributed by atoms with Gasteiger partial charge in [0.1, 0.15) is 0 Å². The summed E-state index contributed by atoms with van der Waals surface area (Å²) in [5, 5.41) is 5.83. The number of hydrogen-bond acceptors (Lipinski definition) is 4. The number of nitrogens with one attached hydrogen (secondary N) is 2. The summed E-state index contributed by atoms with van der Waals surface area (Å²) in [4.78, 5) is 12.8. The van der Waals surface area contributed by atoms with E-state index in [-0.39, 0.29) is 5.91 Å². The molecule has 2 rings (SSSR count). The van der Waals surface area contributed by atoms with E-state index in [1.807, 2.05) is 30.5 Å². The molecule has 1 amide bonds. The van der Waals surface area contributed by atoms with Gasteiger partial charge in [0.15, 0.2) is 0 Å². The first-order valence-corrected chi connectivity index (χ1v) is 7.39. The lowest BCUT2D eigenvalue weighted by molar-refractivity contribution is 0.0963. The monoisotopic (exact) mass is 287 g/mol. The van der Waals surface area contributed by atoms with Crippen molar-refractivity contribution < 1.29 is 4.79 Å². The van der Waals surface area contributed by atoms with Gasteiger partial charge in [-0.2, -0.15) is 0 Å². The number of anilines is 3. The summed E-state index contributed by atoms with van der Waals surface area (Å²) < 4.78 is 0. The Kier molecular flexibility index (Phi) is 4.53. The van der Waals surface area contributed by atoms with Crippen LogP contribution in [0.3, 0.4) is 0 Å². The first-order valence-electron chi connectivity index (χ1n) is 6.16. The third-order valence-electron chi connectivity index (χ3n) is 2.91. The second-order valence-electron chi connectivity index (χ2n) is 4.23. The van der Waals surface area contributed by atoms with Crippen molar-refractivity contribution in [2.24, 2.45) is 0 Å². The number of rotatable bonds is 4. The first kappa shape index (κ1) is 14.3. The molecule has 2 aromatic carbocycles. The molecule has 0 saturated heterocycles. The van der Waals surface area contributed by atoms with Crippen LogP contribution in [0.5, 0.6) is 0 Å². The highest BCUT2D eigenvalue weighted by Gasteiger charge is 2.07. The van der Waals surface area contributed by atoms with E-state index in [9.17, 15) is 4.79 Å². The maximum Gasteiger partial charge on any atom is 0.251 e. The van der Waals surface area contributed by atoms with Crippen molar-refractivity contribution >= 4 is 34.7 Å². The van der Waals surface area contributed by atoms with Crippen LogP contribution < -0.4 is 16.4 Å². The van der Waals surface area contributed by atoms with E-state index >= 15 is 0 Å². The van der Waals surface area contributed by atoms with Crippen LogP contribution in [0.25, 0.3) is 0 Å². The molecule has 2 aromatic rings. The fourth-order valence-electron chi connectivity index (χ4n) is 1.78. The van der Waals surface area contributed by atoms with Crippen molar-refractivity contribution in [3.8, 4) is 0 Å². The highest BCUT2D eigenvalue weighted by molar-refractivity contribution is 7.98. The van der Waals surface area contributed by atoms with Gasteiger partial charge in [0.05, 0.1) is 11.4 Å². The number of nitrogen functional groups attached to an aromatic ring is 1. The molecule has 5 heteroatoms. The molecule has 0 aromatic heterocycles. The van der Waals surface area contributed by atoms with Crippen LogP contribution in [0.4, 0.5) is 17.1 Å². The van der Waals surface area contributed by atoms with Gasteiger partial charge < -0.3 is 16.4 Å². The number of carbonyl (C=O) groups is 1. The first-order chi connectivity index (χ1) is 9.63. The molecule has 20 heavy (non-hydrogen) atoms. The highest BCUT2D eigenvalue weighted by Crippen LogP contribution is 2.26. The Bertz CT molecular complexity index is 611. The molecule has 0 radical (unpaired) electrons. The van der Waals surface area contributed by atoms with Crippen molar-refractivity contribution in [2.75, 3.05) is 24.4 Å². The van der Waals surface area contributed by atoms with Crippen LogP contribution in [0.15, 0.2) is 47.4 Å². The molecule has 0 aliphatic heterocycles. The van der Waals surface area contributed by atoms with Crippen molar-refractivity contribution in [3.05, 3.63) is 48.0 Å². The van der Waals surface area contributed by atoms with Gasteiger partial charge in [-0.05, 0) is 48.7 Å². The third-order valence-corrected chi connectivity index (χ3v) is 3.66. The van der Waals surface area contributed by atoms with Crippen molar-refractivity contribution in [2.45, 2.75) is 4.90 Å². The van der Waals surface area contributed by atoms with Crippen LogP contribution >= 0.6 is 11.8 Å². The minimum atomic E-state index is -0.134. The normalized spacial score (nSPS) is 10.1. The minimum Gasteiger partial charge on any atom is -0.397 e. The summed E-state index contributed by atoms with van der Waals surface area (Å²) >= 11 is 1.69. The second kappa shape index (κ2) is 6.34. The lowest BCUT2D eigenvalue weighted by Crippen LogP contribution is -2.17. The smallest absolute Gasteiger partial charge is 0.251 e. The number of thioether (sulfide) groups is 1. The van der Waals surface area contributed by atoms with Crippen LogP contribution in [0.1, 0.15) is 10.4 Å². The maximum atomic E-state index is 11.6. The average molecular weight is 287 g/mol. The van der Waals surface area contributed by atoms with Crippen LogP contribution in [0.2, 0.25) is 0 Å². The van der Waals surface area contributed by atoms with E-state index in [0.29, 0.717) is 11.3 Å². The lowest BCUT2D eigenvalue weighted by Gasteiger charge is -2.11. The Hall–Kier alpha value is -2.14. The van der Waals surface area contributed by atoms with Crippen molar-refractivity contribution in [1.29, 1.82) is 0 Å². The molecule has 0 atom stereocenters. The lowest BCUT2D eigenvalue weighted by atomic mass is 10.1. The van der Waals surface area contributed by atoms with E-state index < -0.39 is 0 Å². The standard InChI is InChI=1S/C15H17N3OS/c1-17-15(19)10-3-8-13(16)14(9-10)18-11-4-6-12(20-2)7-5-11/h3-9,18H,16H2,1-2H3,(H,17,19). The van der Waals surface area contributed by atoms with Gasteiger partial charge in [-0.25, -0.2) is 0 Å². The van der Waals surface area contributed by atoms with Crippen LogP contribution in [-0.2, 0) is 0 Å².